The maximum absolute atomic E-state index is 9.12. The highest BCUT2D eigenvalue weighted by atomic mass is 16.6. The van der Waals surface area contributed by atoms with E-state index in [2.05, 4.69) is 4.74 Å². The number of aliphatic hydroxyl groups excluding tert-OH is 5. The molecule has 0 aromatic heterocycles. The van der Waals surface area contributed by atoms with Crippen LogP contribution in [0.3, 0.4) is 0 Å². The molecular formula is C10H22O7. The van der Waals surface area contributed by atoms with Crippen LogP contribution in [-0.4, -0.2) is 76.1 Å². The molecule has 1 unspecified atom stereocenters. The summed E-state index contributed by atoms with van der Waals surface area (Å²) in [5, 5.41) is 44.7. The van der Waals surface area contributed by atoms with Crippen molar-refractivity contribution in [2.75, 3.05) is 19.8 Å². The van der Waals surface area contributed by atoms with E-state index in [9.17, 15) is 0 Å². The van der Waals surface area contributed by atoms with Gasteiger partial charge in [-0.05, 0) is 13.8 Å². The van der Waals surface area contributed by atoms with Gasteiger partial charge in [0.25, 0.3) is 0 Å². The quantitative estimate of drug-likeness (QED) is 0.388. The van der Waals surface area contributed by atoms with E-state index in [1.54, 1.807) is 0 Å². The topological polar surface area (TPSA) is 120 Å². The maximum Gasteiger partial charge on any atom is 0.184 e. The summed E-state index contributed by atoms with van der Waals surface area (Å²) in [7, 11) is 0. The Bertz CT molecular complexity index is 183. The van der Waals surface area contributed by atoms with Crippen molar-refractivity contribution in [3.05, 3.63) is 0 Å². The van der Waals surface area contributed by atoms with E-state index in [4.69, 9.17) is 30.3 Å². The predicted octanol–water partition coefficient (Wildman–Crippen LogP) is -2.18. The molecule has 1 heterocycles. The van der Waals surface area contributed by atoms with Gasteiger partial charge in [-0.1, -0.05) is 0 Å². The summed E-state index contributed by atoms with van der Waals surface area (Å²) in [4.78, 5) is 0. The third-order valence-corrected chi connectivity index (χ3v) is 2.28. The maximum atomic E-state index is 9.12. The normalized spacial score (nSPS) is 37.2. The first kappa shape index (κ1) is 16.7. The first-order valence-corrected chi connectivity index (χ1v) is 5.55. The Balaban J connectivity index is 0.000000437. The van der Waals surface area contributed by atoms with Crippen LogP contribution in [0.25, 0.3) is 0 Å². The van der Waals surface area contributed by atoms with Crippen LogP contribution in [0.5, 0.6) is 0 Å². The fourth-order valence-electron chi connectivity index (χ4n) is 1.29. The summed E-state index contributed by atoms with van der Waals surface area (Å²) in [5.74, 6) is 0. The van der Waals surface area contributed by atoms with Crippen molar-refractivity contribution >= 4 is 0 Å². The molecule has 0 amide bonds. The molecule has 1 rings (SSSR count). The SMILES string of the molecule is CCOCC.OC[C@@H]1OC(O)[C@@H](O)[C@H](O)[C@H]1O. The van der Waals surface area contributed by atoms with Crippen LogP contribution in [0.2, 0.25) is 0 Å². The lowest BCUT2D eigenvalue weighted by Gasteiger charge is -2.37. The lowest BCUT2D eigenvalue weighted by molar-refractivity contribution is -0.286. The molecule has 0 aromatic carbocycles. The molecule has 7 heteroatoms. The molecule has 1 saturated heterocycles. The summed E-state index contributed by atoms with van der Waals surface area (Å²) in [6.45, 7) is 5.14. The second kappa shape index (κ2) is 8.76. The molecule has 0 aliphatic carbocycles. The van der Waals surface area contributed by atoms with E-state index in [1.807, 2.05) is 13.8 Å². The molecule has 1 aliphatic rings. The van der Waals surface area contributed by atoms with Crippen molar-refractivity contribution in [1.82, 2.24) is 0 Å². The number of hydrogen-bond donors (Lipinski definition) is 5. The fourth-order valence-corrected chi connectivity index (χ4v) is 1.29. The first-order valence-electron chi connectivity index (χ1n) is 5.55. The summed E-state index contributed by atoms with van der Waals surface area (Å²) in [5.41, 5.74) is 0. The van der Waals surface area contributed by atoms with Crippen LogP contribution in [0.15, 0.2) is 0 Å². The number of hydrogen-bond acceptors (Lipinski definition) is 7. The van der Waals surface area contributed by atoms with E-state index in [0.717, 1.165) is 13.2 Å². The molecule has 7 nitrogen and oxygen atoms in total. The first-order chi connectivity index (χ1) is 7.99. The van der Waals surface area contributed by atoms with Crippen molar-refractivity contribution in [2.24, 2.45) is 0 Å². The second-order valence-electron chi connectivity index (χ2n) is 3.50. The van der Waals surface area contributed by atoms with Crippen molar-refractivity contribution in [2.45, 2.75) is 44.6 Å². The molecule has 5 atom stereocenters. The third kappa shape index (κ3) is 5.26. The largest absolute Gasteiger partial charge is 0.394 e. The molecule has 1 fully saturated rings. The van der Waals surface area contributed by atoms with Gasteiger partial charge in [-0.3, -0.25) is 0 Å². The molecule has 0 bridgehead atoms. The summed E-state index contributed by atoms with van der Waals surface area (Å²) in [6.07, 6.45) is -7.04. The minimum absolute atomic E-state index is 0.526. The number of ether oxygens (including phenoxy) is 2. The highest BCUT2D eigenvalue weighted by Crippen LogP contribution is 2.18. The minimum atomic E-state index is -1.57. The van der Waals surface area contributed by atoms with Gasteiger partial charge in [-0.15, -0.1) is 0 Å². The fraction of sp³-hybridized carbons (Fsp3) is 1.00. The van der Waals surface area contributed by atoms with Crippen LogP contribution in [0.1, 0.15) is 13.8 Å². The van der Waals surface area contributed by atoms with Crippen LogP contribution in [-0.2, 0) is 9.47 Å². The molecule has 0 spiro atoms. The molecule has 17 heavy (non-hydrogen) atoms. The summed E-state index contributed by atoms with van der Waals surface area (Å²) >= 11 is 0. The Morgan fingerprint density at radius 3 is 1.82 bits per heavy atom. The molecule has 1 aliphatic heterocycles. The lowest BCUT2D eigenvalue weighted by atomic mass is 10.00. The van der Waals surface area contributed by atoms with Gasteiger partial charge in [0.1, 0.15) is 24.4 Å². The molecule has 104 valence electrons. The van der Waals surface area contributed by atoms with E-state index >= 15 is 0 Å². The van der Waals surface area contributed by atoms with Crippen molar-refractivity contribution in [1.29, 1.82) is 0 Å². The van der Waals surface area contributed by atoms with Gasteiger partial charge in [0.2, 0.25) is 0 Å². The monoisotopic (exact) mass is 254 g/mol. The molecule has 0 aromatic rings. The Morgan fingerprint density at radius 1 is 0.941 bits per heavy atom. The van der Waals surface area contributed by atoms with Gasteiger partial charge >= 0.3 is 0 Å². The van der Waals surface area contributed by atoms with Crippen LogP contribution < -0.4 is 0 Å². The Morgan fingerprint density at radius 2 is 1.47 bits per heavy atom. The lowest BCUT2D eigenvalue weighted by Crippen LogP contribution is -2.58. The molecule has 0 radical (unpaired) electrons. The zero-order valence-electron chi connectivity index (χ0n) is 10.1. The summed E-state index contributed by atoms with van der Waals surface area (Å²) < 4.78 is 9.41. The molecule has 5 N–H and O–H groups in total. The standard InChI is InChI=1S/C6H12O6.C4H10O/c7-1-2-3(8)4(9)5(10)6(11)12-2;1-3-5-4-2/h2-11H,1H2;3-4H2,1-2H3/t2-,3-,4+,5-,6?;/m0./s1. The molecule has 0 saturated carbocycles. The zero-order chi connectivity index (χ0) is 13.4. The zero-order valence-corrected chi connectivity index (χ0v) is 10.1. The predicted molar refractivity (Wildman–Crippen MR) is 58.2 cm³/mol. The Labute approximate surface area is 100 Å². The average molecular weight is 254 g/mol. The van der Waals surface area contributed by atoms with Crippen molar-refractivity contribution in [3.63, 3.8) is 0 Å². The third-order valence-electron chi connectivity index (χ3n) is 2.28. The average Bonchev–Trinajstić information content (AvgIpc) is 2.33. The Kier molecular flexibility index (Phi) is 8.61. The van der Waals surface area contributed by atoms with Gasteiger partial charge in [0.15, 0.2) is 6.29 Å². The Hall–Kier alpha value is -0.280. The van der Waals surface area contributed by atoms with E-state index in [1.165, 1.54) is 0 Å². The van der Waals surface area contributed by atoms with Crippen molar-refractivity contribution < 1.29 is 35.0 Å². The van der Waals surface area contributed by atoms with Crippen LogP contribution in [0.4, 0.5) is 0 Å². The minimum Gasteiger partial charge on any atom is -0.394 e. The van der Waals surface area contributed by atoms with Gasteiger partial charge in [-0.25, -0.2) is 0 Å². The van der Waals surface area contributed by atoms with Gasteiger partial charge in [0, 0.05) is 13.2 Å². The number of rotatable bonds is 3. The number of aliphatic hydroxyl groups is 5. The van der Waals surface area contributed by atoms with Gasteiger partial charge < -0.3 is 35.0 Å². The summed E-state index contributed by atoms with van der Waals surface area (Å²) in [6, 6.07) is 0. The van der Waals surface area contributed by atoms with E-state index < -0.39 is 37.3 Å². The second-order valence-corrected chi connectivity index (χ2v) is 3.50. The van der Waals surface area contributed by atoms with Gasteiger partial charge in [0.05, 0.1) is 6.61 Å². The molecular weight excluding hydrogens is 232 g/mol. The van der Waals surface area contributed by atoms with E-state index in [-0.39, 0.29) is 0 Å². The van der Waals surface area contributed by atoms with Crippen LogP contribution >= 0.6 is 0 Å². The van der Waals surface area contributed by atoms with Crippen molar-refractivity contribution in [3.8, 4) is 0 Å². The van der Waals surface area contributed by atoms with Crippen LogP contribution in [0, 0.1) is 0 Å². The smallest absolute Gasteiger partial charge is 0.184 e. The van der Waals surface area contributed by atoms with Gasteiger partial charge in [-0.2, -0.15) is 0 Å². The highest BCUT2D eigenvalue weighted by Gasteiger charge is 2.42. The highest BCUT2D eigenvalue weighted by molar-refractivity contribution is 4.87. The van der Waals surface area contributed by atoms with E-state index in [0.29, 0.717) is 0 Å².